The molecule has 1 aromatic carbocycles. The summed E-state index contributed by atoms with van der Waals surface area (Å²) in [5, 5.41) is 2.50. The van der Waals surface area contributed by atoms with E-state index >= 15 is 0 Å². The Morgan fingerprint density at radius 3 is 2.74 bits per heavy atom. The second-order valence-corrected chi connectivity index (χ2v) is 6.70. The average molecular weight is 377 g/mol. The van der Waals surface area contributed by atoms with Gasteiger partial charge in [-0.2, -0.15) is 0 Å². The highest BCUT2D eigenvalue weighted by atomic mass is 19.1. The number of primary amides is 1. The monoisotopic (exact) mass is 377 g/mol. The summed E-state index contributed by atoms with van der Waals surface area (Å²) < 4.78 is 29.8. The molecular formula is C18H21F2N5O2. The fourth-order valence-corrected chi connectivity index (χ4v) is 3.11. The Balaban J connectivity index is 2.11. The van der Waals surface area contributed by atoms with E-state index in [4.69, 9.17) is 5.73 Å². The number of rotatable bonds is 4. The average Bonchev–Trinajstić information content (AvgIpc) is 2.83. The lowest BCUT2D eigenvalue weighted by Crippen LogP contribution is -2.42. The zero-order valence-electron chi connectivity index (χ0n) is 15.1. The van der Waals surface area contributed by atoms with E-state index < -0.39 is 29.5 Å². The summed E-state index contributed by atoms with van der Waals surface area (Å²) in [6, 6.07) is 2.24. The third-order valence-corrected chi connectivity index (χ3v) is 4.57. The first kappa shape index (κ1) is 19.0. The predicted molar refractivity (Wildman–Crippen MR) is 94.7 cm³/mol. The topological polar surface area (TPSA) is 93.2 Å². The van der Waals surface area contributed by atoms with Gasteiger partial charge >= 0.3 is 0 Å². The van der Waals surface area contributed by atoms with Crippen LogP contribution in [0.1, 0.15) is 29.5 Å². The molecule has 0 spiro atoms. The van der Waals surface area contributed by atoms with Gasteiger partial charge in [0.25, 0.3) is 5.91 Å². The number of benzene rings is 1. The Kier molecular flexibility index (Phi) is 5.22. The molecule has 1 aromatic heterocycles. The molecule has 2 amide bonds. The van der Waals surface area contributed by atoms with E-state index in [1.54, 1.807) is 4.57 Å². The van der Waals surface area contributed by atoms with Crippen molar-refractivity contribution in [1.82, 2.24) is 19.8 Å². The molecule has 0 aliphatic carbocycles. The van der Waals surface area contributed by atoms with Crippen molar-refractivity contribution in [1.29, 1.82) is 0 Å². The second-order valence-electron chi connectivity index (χ2n) is 6.70. The molecule has 7 nitrogen and oxygen atoms in total. The number of hydrogen-bond donors (Lipinski definition) is 2. The molecule has 9 heteroatoms. The summed E-state index contributed by atoms with van der Waals surface area (Å²) in [7, 11) is 1.90. The standard InChI is InChI=1S/C18H21F2N5O2/c1-10(16(21)26)22-18(27)15-14-9-24(2)6-3-7-25(14)17(23-15)12-8-11(19)4-5-13(12)20/h4-5,8,10H,3,6-7,9H2,1-2H3,(H2,21,26)(H,22,27)/t10-/m0/s1. The quantitative estimate of drug-likeness (QED) is 0.839. The van der Waals surface area contributed by atoms with Crippen molar-refractivity contribution < 1.29 is 18.4 Å². The highest BCUT2D eigenvalue weighted by Crippen LogP contribution is 2.28. The van der Waals surface area contributed by atoms with Gasteiger partial charge in [-0.3, -0.25) is 9.59 Å². The summed E-state index contributed by atoms with van der Waals surface area (Å²) >= 11 is 0. The Hall–Kier alpha value is -2.81. The van der Waals surface area contributed by atoms with Gasteiger partial charge < -0.3 is 20.5 Å². The van der Waals surface area contributed by atoms with Crippen LogP contribution in [0.25, 0.3) is 11.4 Å². The molecule has 0 saturated heterocycles. The molecule has 2 aromatic rings. The third kappa shape index (κ3) is 3.82. The first-order valence-corrected chi connectivity index (χ1v) is 8.61. The number of aromatic nitrogens is 2. The van der Waals surface area contributed by atoms with Crippen LogP contribution in [0.15, 0.2) is 18.2 Å². The molecule has 0 unspecified atom stereocenters. The van der Waals surface area contributed by atoms with Crippen molar-refractivity contribution in [3.63, 3.8) is 0 Å². The first-order chi connectivity index (χ1) is 12.8. The number of carbonyl (C=O) groups excluding carboxylic acids is 2. The molecule has 2 heterocycles. The zero-order valence-corrected chi connectivity index (χ0v) is 15.1. The molecule has 1 atom stereocenters. The van der Waals surface area contributed by atoms with Crippen LogP contribution >= 0.6 is 0 Å². The maximum absolute atomic E-state index is 14.3. The van der Waals surface area contributed by atoms with Crippen LogP contribution < -0.4 is 11.1 Å². The van der Waals surface area contributed by atoms with E-state index in [-0.39, 0.29) is 17.1 Å². The number of halogens is 2. The number of nitrogens with zero attached hydrogens (tertiary/aromatic N) is 3. The third-order valence-electron chi connectivity index (χ3n) is 4.57. The summed E-state index contributed by atoms with van der Waals surface area (Å²) in [5.74, 6) is -2.29. The normalized spacial score (nSPS) is 15.7. The van der Waals surface area contributed by atoms with Gasteiger partial charge in [0.2, 0.25) is 5.91 Å². The zero-order chi connectivity index (χ0) is 19.7. The van der Waals surface area contributed by atoms with Crippen molar-refractivity contribution in [3.05, 3.63) is 41.2 Å². The fourth-order valence-electron chi connectivity index (χ4n) is 3.11. The minimum Gasteiger partial charge on any atom is -0.368 e. The van der Waals surface area contributed by atoms with Crippen molar-refractivity contribution in [2.75, 3.05) is 13.6 Å². The minimum atomic E-state index is -0.882. The fraction of sp³-hybridized carbons (Fsp3) is 0.389. The van der Waals surface area contributed by atoms with Crippen molar-refractivity contribution in [2.45, 2.75) is 32.5 Å². The second kappa shape index (κ2) is 7.43. The lowest BCUT2D eigenvalue weighted by atomic mass is 10.2. The van der Waals surface area contributed by atoms with Gasteiger partial charge in [0.05, 0.1) is 11.3 Å². The Labute approximate surface area is 155 Å². The SMILES string of the molecule is C[C@H](NC(=O)c1nc(-c2cc(F)ccc2F)n2c1CN(C)CCC2)C(N)=O. The van der Waals surface area contributed by atoms with Gasteiger partial charge in [-0.25, -0.2) is 13.8 Å². The Bertz CT molecular complexity index is 896. The minimum absolute atomic E-state index is 0.0113. The number of hydrogen-bond acceptors (Lipinski definition) is 4. The maximum Gasteiger partial charge on any atom is 0.272 e. The largest absolute Gasteiger partial charge is 0.368 e. The Morgan fingerprint density at radius 2 is 2.04 bits per heavy atom. The molecule has 144 valence electrons. The summed E-state index contributed by atoms with van der Waals surface area (Å²) in [6.45, 7) is 3.17. The van der Waals surface area contributed by atoms with Crippen LogP contribution in [-0.2, 0) is 17.9 Å². The summed E-state index contributed by atoms with van der Waals surface area (Å²) in [5.41, 5.74) is 5.86. The Morgan fingerprint density at radius 1 is 1.30 bits per heavy atom. The molecule has 27 heavy (non-hydrogen) atoms. The molecule has 0 bridgehead atoms. The smallest absolute Gasteiger partial charge is 0.272 e. The van der Waals surface area contributed by atoms with Crippen LogP contribution in [0.4, 0.5) is 8.78 Å². The highest BCUT2D eigenvalue weighted by Gasteiger charge is 2.28. The summed E-state index contributed by atoms with van der Waals surface area (Å²) in [6.07, 6.45) is 0.766. The van der Waals surface area contributed by atoms with E-state index in [9.17, 15) is 18.4 Å². The van der Waals surface area contributed by atoms with Crippen LogP contribution in [0, 0.1) is 11.6 Å². The summed E-state index contributed by atoms with van der Waals surface area (Å²) in [4.78, 5) is 30.3. The highest BCUT2D eigenvalue weighted by molar-refractivity contribution is 5.97. The number of carbonyl (C=O) groups is 2. The van der Waals surface area contributed by atoms with Crippen molar-refractivity contribution >= 4 is 11.8 Å². The van der Waals surface area contributed by atoms with Crippen LogP contribution in [-0.4, -0.2) is 45.9 Å². The van der Waals surface area contributed by atoms with Gasteiger partial charge in [-0.15, -0.1) is 0 Å². The number of fused-ring (bicyclic) bond motifs is 1. The van der Waals surface area contributed by atoms with E-state index in [2.05, 4.69) is 10.3 Å². The first-order valence-electron chi connectivity index (χ1n) is 8.61. The lowest BCUT2D eigenvalue weighted by Gasteiger charge is -2.14. The van der Waals surface area contributed by atoms with E-state index in [0.717, 1.165) is 31.2 Å². The molecular weight excluding hydrogens is 356 g/mol. The molecule has 3 N–H and O–H groups in total. The number of amides is 2. The van der Waals surface area contributed by atoms with E-state index in [1.807, 2.05) is 11.9 Å². The van der Waals surface area contributed by atoms with Crippen LogP contribution in [0.3, 0.4) is 0 Å². The van der Waals surface area contributed by atoms with Crippen molar-refractivity contribution in [3.8, 4) is 11.4 Å². The molecule has 1 aliphatic rings. The molecule has 1 aliphatic heterocycles. The van der Waals surface area contributed by atoms with Gasteiger partial charge in [0.15, 0.2) is 5.69 Å². The number of nitrogens with two attached hydrogens (primary N) is 1. The molecule has 0 saturated carbocycles. The maximum atomic E-state index is 14.3. The van der Waals surface area contributed by atoms with Crippen molar-refractivity contribution in [2.24, 2.45) is 5.73 Å². The number of nitrogens with one attached hydrogen (secondary N) is 1. The van der Waals surface area contributed by atoms with Gasteiger partial charge in [-0.1, -0.05) is 0 Å². The predicted octanol–water partition coefficient (Wildman–Crippen LogP) is 1.27. The van der Waals surface area contributed by atoms with Gasteiger partial charge in [-0.05, 0) is 45.1 Å². The molecule has 0 fully saturated rings. The molecule has 0 radical (unpaired) electrons. The van der Waals surface area contributed by atoms with Crippen LogP contribution in [0.5, 0.6) is 0 Å². The van der Waals surface area contributed by atoms with Gasteiger partial charge in [0, 0.05) is 13.1 Å². The molecule has 3 rings (SSSR count). The lowest BCUT2D eigenvalue weighted by molar-refractivity contribution is -0.119. The van der Waals surface area contributed by atoms with Crippen LogP contribution in [0.2, 0.25) is 0 Å². The van der Waals surface area contributed by atoms with Gasteiger partial charge in [0.1, 0.15) is 23.5 Å². The number of imidazole rings is 1. The van der Waals surface area contributed by atoms with E-state index in [0.29, 0.717) is 18.8 Å². The van der Waals surface area contributed by atoms with E-state index in [1.165, 1.54) is 6.92 Å².